The molecule has 1 atom stereocenters. The molecule has 1 aromatic carbocycles. The summed E-state index contributed by atoms with van der Waals surface area (Å²) < 4.78 is 0. The lowest BCUT2D eigenvalue weighted by atomic mass is 10.2. The number of hydrogen-bond donors (Lipinski definition) is 1. The first-order valence-electron chi connectivity index (χ1n) is 6.49. The average Bonchev–Trinajstić information content (AvgIpc) is 2.94. The normalized spacial score (nSPS) is 11.9. The second-order valence-electron chi connectivity index (χ2n) is 4.51. The topological polar surface area (TPSA) is 59.1 Å². The summed E-state index contributed by atoms with van der Waals surface area (Å²) in [7, 11) is 0. The van der Waals surface area contributed by atoms with Gasteiger partial charge in [0.15, 0.2) is 10.9 Å². The number of carbonyl (C=O) groups excluding carboxylic acids is 2. The number of carbonyl (C=O) groups is 2. The second kappa shape index (κ2) is 7.38. The van der Waals surface area contributed by atoms with Crippen LogP contribution in [0.3, 0.4) is 0 Å². The predicted molar refractivity (Wildman–Crippen MR) is 87.9 cm³/mol. The minimum absolute atomic E-state index is 0.0421. The number of Topliss-reactive ketones (excluding diaryl/α,β-unsaturated/α-hetero) is 1. The molecule has 1 amide bonds. The molecule has 2 aromatic rings. The number of rotatable bonds is 6. The zero-order valence-electron chi connectivity index (χ0n) is 11.8. The SMILES string of the molecule is CC(=O)c1cnc(NC(=O)[C@@H](C)SCc2ccccc2)s1. The lowest BCUT2D eigenvalue weighted by molar-refractivity contribution is -0.115. The van der Waals surface area contributed by atoms with Crippen LogP contribution < -0.4 is 5.32 Å². The van der Waals surface area contributed by atoms with E-state index in [4.69, 9.17) is 0 Å². The van der Waals surface area contributed by atoms with Crippen molar-refractivity contribution >= 4 is 39.9 Å². The number of benzene rings is 1. The summed E-state index contributed by atoms with van der Waals surface area (Å²) >= 11 is 2.77. The highest BCUT2D eigenvalue weighted by atomic mass is 32.2. The molecule has 0 radical (unpaired) electrons. The van der Waals surface area contributed by atoms with Crippen molar-refractivity contribution in [3.05, 3.63) is 47.0 Å². The Balaban J connectivity index is 1.85. The quantitative estimate of drug-likeness (QED) is 0.826. The van der Waals surface area contributed by atoms with Gasteiger partial charge in [0.05, 0.1) is 16.3 Å². The van der Waals surface area contributed by atoms with Crippen LogP contribution in [-0.2, 0) is 10.5 Å². The molecule has 6 heteroatoms. The highest BCUT2D eigenvalue weighted by Crippen LogP contribution is 2.22. The summed E-state index contributed by atoms with van der Waals surface area (Å²) in [6.45, 7) is 3.35. The molecule has 0 aliphatic carbocycles. The van der Waals surface area contributed by atoms with Crippen molar-refractivity contribution in [2.75, 3.05) is 5.32 Å². The number of ketones is 1. The van der Waals surface area contributed by atoms with Gasteiger partial charge in [-0.05, 0) is 12.5 Å². The van der Waals surface area contributed by atoms with E-state index in [-0.39, 0.29) is 16.9 Å². The van der Waals surface area contributed by atoms with Gasteiger partial charge in [-0.25, -0.2) is 4.98 Å². The number of nitrogens with one attached hydrogen (secondary N) is 1. The van der Waals surface area contributed by atoms with E-state index in [1.54, 1.807) is 11.8 Å². The zero-order chi connectivity index (χ0) is 15.2. The Morgan fingerprint density at radius 3 is 2.67 bits per heavy atom. The molecule has 110 valence electrons. The smallest absolute Gasteiger partial charge is 0.238 e. The van der Waals surface area contributed by atoms with Gasteiger partial charge >= 0.3 is 0 Å². The molecule has 1 heterocycles. The molecule has 0 aliphatic rings. The number of anilines is 1. The van der Waals surface area contributed by atoms with Gasteiger partial charge in [-0.2, -0.15) is 0 Å². The zero-order valence-corrected chi connectivity index (χ0v) is 13.5. The molecule has 0 unspecified atom stereocenters. The standard InChI is InChI=1S/C15H16N2O2S2/c1-10(18)13-8-16-15(21-13)17-14(19)11(2)20-9-12-6-4-3-5-7-12/h3-8,11H,9H2,1-2H3,(H,16,17,19)/t11-/m1/s1. The van der Waals surface area contributed by atoms with Gasteiger partial charge in [-0.1, -0.05) is 41.7 Å². The van der Waals surface area contributed by atoms with E-state index in [1.807, 2.05) is 37.3 Å². The number of nitrogens with zero attached hydrogens (tertiary/aromatic N) is 1. The summed E-state index contributed by atoms with van der Waals surface area (Å²) in [6, 6.07) is 10.0. The van der Waals surface area contributed by atoms with Crippen LogP contribution in [0.1, 0.15) is 29.1 Å². The molecule has 21 heavy (non-hydrogen) atoms. The fourth-order valence-electron chi connectivity index (χ4n) is 1.57. The monoisotopic (exact) mass is 320 g/mol. The summed E-state index contributed by atoms with van der Waals surface area (Å²) in [5.74, 6) is 0.645. The lowest BCUT2D eigenvalue weighted by Gasteiger charge is -2.10. The largest absolute Gasteiger partial charge is 0.301 e. The summed E-state index contributed by atoms with van der Waals surface area (Å²) in [6.07, 6.45) is 1.49. The fraction of sp³-hybridized carbons (Fsp3) is 0.267. The van der Waals surface area contributed by atoms with E-state index in [0.29, 0.717) is 10.0 Å². The van der Waals surface area contributed by atoms with Crippen molar-refractivity contribution in [3.63, 3.8) is 0 Å². The number of thiazole rings is 1. The Labute approximate surface area is 132 Å². The van der Waals surface area contributed by atoms with Gasteiger partial charge < -0.3 is 5.32 Å². The molecule has 1 N–H and O–H groups in total. The van der Waals surface area contributed by atoms with Crippen LogP contribution >= 0.6 is 23.1 Å². The Bertz CT molecular complexity index is 626. The molecule has 0 saturated carbocycles. The van der Waals surface area contributed by atoms with Crippen LogP contribution in [0, 0.1) is 0 Å². The number of amides is 1. The number of thioether (sulfide) groups is 1. The van der Waals surface area contributed by atoms with Crippen LogP contribution in [0.4, 0.5) is 5.13 Å². The van der Waals surface area contributed by atoms with Gasteiger partial charge in [-0.3, -0.25) is 9.59 Å². The second-order valence-corrected chi connectivity index (χ2v) is 6.87. The van der Waals surface area contributed by atoms with Crippen molar-refractivity contribution < 1.29 is 9.59 Å². The van der Waals surface area contributed by atoms with Crippen LogP contribution in [0.15, 0.2) is 36.5 Å². The van der Waals surface area contributed by atoms with Crippen molar-refractivity contribution in [3.8, 4) is 0 Å². The molecule has 0 bridgehead atoms. The van der Waals surface area contributed by atoms with E-state index in [2.05, 4.69) is 10.3 Å². The predicted octanol–water partition coefficient (Wildman–Crippen LogP) is 3.61. The molecule has 4 nitrogen and oxygen atoms in total. The number of aromatic nitrogens is 1. The maximum absolute atomic E-state index is 12.1. The van der Waals surface area contributed by atoms with Crippen molar-refractivity contribution in [1.82, 2.24) is 4.98 Å². The van der Waals surface area contributed by atoms with E-state index in [9.17, 15) is 9.59 Å². The molecule has 0 saturated heterocycles. The van der Waals surface area contributed by atoms with Gasteiger partial charge in [-0.15, -0.1) is 11.8 Å². The maximum Gasteiger partial charge on any atom is 0.238 e. The highest BCUT2D eigenvalue weighted by Gasteiger charge is 2.15. The van der Waals surface area contributed by atoms with Crippen molar-refractivity contribution in [2.24, 2.45) is 0 Å². The first-order valence-corrected chi connectivity index (χ1v) is 8.36. The molecular formula is C15H16N2O2S2. The van der Waals surface area contributed by atoms with Crippen LogP contribution in [0.5, 0.6) is 0 Å². The van der Waals surface area contributed by atoms with Crippen LogP contribution in [0.2, 0.25) is 0 Å². The average molecular weight is 320 g/mol. The Hall–Kier alpha value is -1.66. The third kappa shape index (κ3) is 4.68. The van der Waals surface area contributed by atoms with Gasteiger partial charge in [0.1, 0.15) is 0 Å². The number of hydrogen-bond acceptors (Lipinski definition) is 5. The van der Waals surface area contributed by atoms with Gasteiger partial charge in [0, 0.05) is 12.7 Å². The van der Waals surface area contributed by atoms with Crippen LogP contribution in [0.25, 0.3) is 0 Å². The maximum atomic E-state index is 12.1. The van der Waals surface area contributed by atoms with Gasteiger partial charge in [0.2, 0.25) is 5.91 Å². The summed E-state index contributed by atoms with van der Waals surface area (Å²) in [5, 5.41) is 3.03. The summed E-state index contributed by atoms with van der Waals surface area (Å²) in [4.78, 5) is 27.8. The van der Waals surface area contributed by atoms with Gasteiger partial charge in [0.25, 0.3) is 0 Å². The molecule has 0 spiro atoms. The lowest BCUT2D eigenvalue weighted by Crippen LogP contribution is -2.22. The van der Waals surface area contributed by atoms with E-state index < -0.39 is 0 Å². The minimum atomic E-state index is -0.185. The van der Waals surface area contributed by atoms with E-state index >= 15 is 0 Å². The van der Waals surface area contributed by atoms with Crippen molar-refractivity contribution in [1.29, 1.82) is 0 Å². The third-order valence-corrected chi connectivity index (χ3v) is 5.02. The van der Waals surface area contributed by atoms with E-state index in [0.717, 1.165) is 5.75 Å². The molecule has 0 fully saturated rings. The van der Waals surface area contributed by atoms with Crippen LogP contribution in [-0.4, -0.2) is 21.9 Å². The molecule has 2 rings (SSSR count). The molecular weight excluding hydrogens is 304 g/mol. The first kappa shape index (κ1) is 15.7. The summed E-state index contributed by atoms with van der Waals surface area (Å²) in [5.41, 5.74) is 1.19. The van der Waals surface area contributed by atoms with Crippen molar-refractivity contribution in [2.45, 2.75) is 24.9 Å². The molecule has 0 aliphatic heterocycles. The molecule has 1 aromatic heterocycles. The Kier molecular flexibility index (Phi) is 5.52. The Morgan fingerprint density at radius 1 is 1.33 bits per heavy atom. The highest BCUT2D eigenvalue weighted by molar-refractivity contribution is 7.99. The first-order chi connectivity index (χ1) is 10.1. The fourth-order valence-corrected chi connectivity index (χ4v) is 3.13. The van der Waals surface area contributed by atoms with E-state index in [1.165, 1.54) is 30.0 Å². The Morgan fingerprint density at radius 2 is 2.05 bits per heavy atom. The minimum Gasteiger partial charge on any atom is -0.301 e. The third-order valence-electron chi connectivity index (χ3n) is 2.79.